The van der Waals surface area contributed by atoms with E-state index in [1.807, 2.05) is 30.3 Å². The van der Waals surface area contributed by atoms with E-state index in [1.165, 1.54) is 4.57 Å². The van der Waals surface area contributed by atoms with Gasteiger partial charge in [0, 0.05) is 11.8 Å². The lowest BCUT2D eigenvalue weighted by Crippen LogP contribution is -2.05. The molecule has 0 aliphatic carbocycles. The van der Waals surface area contributed by atoms with Crippen molar-refractivity contribution in [3.63, 3.8) is 0 Å². The van der Waals surface area contributed by atoms with Crippen LogP contribution in [0.25, 0.3) is 22.0 Å². The molecule has 0 atom stereocenters. The van der Waals surface area contributed by atoms with Crippen LogP contribution in [0, 0.1) is 5.82 Å². The van der Waals surface area contributed by atoms with E-state index in [0.717, 1.165) is 29.1 Å². The zero-order chi connectivity index (χ0) is 24.6. The highest BCUT2D eigenvalue weighted by Gasteiger charge is 2.31. The molecule has 0 spiro atoms. The molecule has 0 aliphatic heterocycles. The van der Waals surface area contributed by atoms with Crippen LogP contribution in [0.15, 0.2) is 73.4 Å². The van der Waals surface area contributed by atoms with Gasteiger partial charge in [-0.1, -0.05) is 24.3 Å². The average molecular weight is 481 g/mol. The Hall–Kier alpha value is -4.54. The van der Waals surface area contributed by atoms with Gasteiger partial charge in [-0.15, -0.1) is 0 Å². The fourth-order valence-corrected chi connectivity index (χ4v) is 3.57. The predicted molar refractivity (Wildman–Crippen MR) is 117 cm³/mol. The maximum atomic E-state index is 14.3. The topological polar surface area (TPSA) is 86.0 Å². The molecular formula is C24H15F4N5O2. The minimum absolute atomic E-state index is 0.103. The highest BCUT2D eigenvalue weighted by atomic mass is 19.4. The lowest BCUT2D eigenvalue weighted by atomic mass is 10.1. The molecule has 0 saturated carbocycles. The van der Waals surface area contributed by atoms with Gasteiger partial charge in [-0.2, -0.15) is 23.4 Å². The zero-order valence-electron chi connectivity index (χ0n) is 17.7. The normalized spacial score (nSPS) is 11.7. The molecule has 0 unspecified atom stereocenters. The quantitative estimate of drug-likeness (QED) is 0.329. The van der Waals surface area contributed by atoms with Gasteiger partial charge in [0.15, 0.2) is 11.6 Å². The number of nitrogens with zero attached hydrogens (tertiary/aromatic N) is 5. The van der Waals surface area contributed by atoms with E-state index < -0.39 is 23.3 Å². The maximum Gasteiger partial charge on any atom is 0.416 e. The molecule has 5 rings (SSSR count). The highest BCUT2D eigenvalue weighted by Crippen LogP contribution is 2.37. The third kappa shape index (κ3) is 4.47. The molecule has 1 N–H and O–H groups in total. The van der Waals surface area contributed by atoms with Gasteiger partial charge in [0.1, 0.15) is 11.7 Å². The largest absolute Gasteiger partial charge is 0.494 e. The molecule has 3 aromatic heterocycles. The van der Waals surface area contributed by atoms with Crippen LogP contribution >= 0.6 is 0 Å². The molecule has 7 nitrogen and oxygen atoms in total. The van der Waals surface area contributed by atoms with Crippen LogP contribution in [0.5, 0.6) is 17.5 Å². The van der Waals surface area contributed by atoms with Crippen molar-refractivity contribution >= 4 is 10.9 Å². The summed E-state index contributed by atoms with van der Waals surface area (Å²) in [6, 6.07) is 11.3. The summed E-state index contributed by atoms with van der Waals surface area (Å²) in [5.41, 5.74) is 1.91. The monoisotopic (exact) mass is 481 g/mol. The Bertz CT molecular complexity index is 1500. The van der Waals surface area contributed by atoms with Gasteiger partial charge < -0.3 is 14.4 Å². The van der Waals surface area contributed by atoms with Gasteiger partial charge in [0.2, 0.25) is 11.8 Å². The Morgan fingerprint density at radius 1 is 0.943 bits per heavy atom. The third-order valence-electron chi connectivity index (χ3n) is 5.31. The molecule has 35 heavy (non-hydrogen) atoms. The minimum Gasteiger partial charge on any atom is -0.494 e. The van der Waals surface area contributed by atoms with E-state index in [1.54, 1.807) is 18.6 Å². The second-order valence-corrected chi connectivity index (χ2v) is 7.59. The van der Waals surface area contributed by atoms with E-state index in [9.17, 15) is 22.7 Å². The highest BCUT2D eigenvalue weighted by molar-refractivity contribution is 5.89. The molecule has 5 aromatic rings. The molecule has 0 saturated heterocycles. The standard InChI is InChI=1S/C24H15F4N5O2/c25-18-9-17(24(26,27)28)5-6-20(18)35-22-21-19(29-13-30-22)12-33(23(21)34)11-14-1-3-15(4-2-14)16-7-8-31-32-10-16/h1-10,12-13,34H,11H2. The smallest absolute Gasteiger partial charge is 0.416 e. The Kier molecular flexibility index (Phi) is 5.51. The minimum atomic E-state index is -4.69. The zero-order valence-corrected chi connectivity index (χ0v) is 17.7. The fourth-order valence-electron chi connectivity index (χ4n) is 3.57. The van der Waals surface area contributed by atoms with Crippen molar-refractivity contribution in [1.29, 1.82) is 0 Å². The number of hydrogen-bond acceptors (Lipinski definition) is 6. The van der Waals surface area contributed by atoms with E-state index >= 15 is 0 Å². The van der Waals surface area contributed by atoms with Crippen LogP contribution in [0.4, 0.5) is 17.6 Å². The predicted octanol–water partition coefficient (Wildman–Crippen LogP) is 5.59. The molecule has 2 aromatic carbocycles. The first kappa shape index (κ1) is 22.3. The van der Waals surface area contributed by atoms with Crippen molar-refractivity contribution in [3.8, 4) is 28.6 Å². The van der Waals surface area contributed by atoms with E-state index in [4.69, 9.17) is 4.74 Å². The van der Waals surface area contributed by atoms with Crippen molar-refractivity contribution in [2.24, 2.45) is 0 Å². The molecule has 0 aliphatic rings. The summed E-state index contributed by atoms with van der Waals surface area (Å²) in [4.78, 5) is 8.04. The van der Waals surface area contributed by atoms with Gasteiger partial charge >= 0.3 is 6.18 Å². The Labute approximate surface area is 195 Å². The lowest BCUT2D eigenvalue weighted by Gasteiger charge is -2.10. The SMILES string of the molecule is Oc1c2c(Oc3ccc(C(F)(F)F)cc3F)ncnc2cn1Cc1ccc(-c2ccnnc2)cc1. The van der Waals surface area contributed by atoms with Crippen LogP contribution in [-0.4, -0.2) is 29.8 Å². The molecule has 11 heteroatoms. The number of halogens is 4. The van der Waals surface area contributed by atoms with Crippen molar-refractivity contribution in [3.05, 3.63) is 90.4 Å². The molecule has 3 heterocycles. The van der Waals surface area contributed by atoms with Crippen LogP contribution in [0.3, 0.4) is 0 Å². The number of aromatic hydroxyl groups is 1. The number of fused-ring (bicyclic) bond motifs is 1. The number of aromatic nitrogens is 5. The number of benzene rings is 2. The van der Waals surface area contributed by atoms with Crippen molar-refractivity contribution in [2.45, 2.75) is 12.7 Å². The fraction of sp³-hybridized carbons (Fsp3) is 0.0833. The van der Waals surface area contributed by atoms with Gasteiger partial charge in [0.25, 0.3) is 0 Å². The summed E-state index contributed by atoms with van der Waals surface area (Å²) in [7, 11) is 0. The maximum absolute atomic E-state index is 14.3. The summed E-state index contributed by atoms with van der Waals surface area (Å²) in [5, 5.41) is 18.5. The molecule has 0 fully saturated rings. The summed E-state index contributed by atoms with van der Waals surface area (Å²) in [6.45, 7) is 0.283. The van der Waals surface area contributed by atoms with Gasteiger partial charge in [-0.05, 0) is 35.4 Å². The van der Waals surface area contributed by atoms with Crippen LogP contribution in [0.1, 0.15) is 11.1 Å². The van der Waals surface area contributed by atoms with E-state index in [0.29, 0.717) is 17.6 Å². The summed E-state index contributed by atoms with van der Waals surface area (Å²) < 4.78 is 59.6. The average Bonchev–Trinajstić information content (AvgIpc) is 3.16. The first-order valence-electron chi connectivity index (χ1n) is 10.2. The molecule has 0 amide bonds. The van der Waals surface area contributed by atoms with E-state index in [2.05, 4.69) is 20.2 Å². The van der Waals surface area contributed by atoms with Crippen LogP contribution in [0.2, 0.25) is 0 Å². The third-order valence-corrected chi connectivity index (χ3v) is 5.31. The van der Waals surface area contributed by atoms with Crippen LogP contribution < -0.4 is 4.74 Å². The molecule has 176 valence electrons. The Balaban J connectivity index is 1.42. The first-order chi connectivity index (χ1) is 16.8. The van der Waals surface area contributed by atoms with E-state index in [-0.39, 0.29) is 23.7 Å². The number of rotatable bonds is 5. The first-order valence-corrected chi connectivity index (χ1v) is 10.2. The van der Waals surface area contributed by atoms with Crippen molar-refractivity contribution in [1.82, 2.24) is 24.7 Å². The summed E-state index contributed by atoms with van der Waals surface area (Å²) in [5.74, 6) is -2.10. The second kappa shape index (κ2) is 8.67. The number of hydrogen-bond donors (Lipinski definition) is 1. The Morgan fingerprint density at radius 3 is 2.43 bits per heavy atom. The summed E-state index contributed by atoms with van der Waals surface area (Å²) in [6.07, 6.45) is 1.29. The van der Waals surface area contributed by atoms with Gasteiger partial charge in [-0.3, -0.25) is 0 Å². The van der Waals surface area contributed by atoms with Gasteiger partial charge in [-0.25, -0.2) is 14.4 Å². The molecular weight excluding hydrogens is 466 g/mol. The second-order valence-electron chi connectivity index (χ2n) is 7.59. The number of alkyl halides is 3. The molecule has 0 bridgehead atoms. The summed E-state index contributed by atoms with van der Waals surface area (Å²) >= 11 is 0. The van der Waals surface area contributed by atoms with Crippen LogP contribution in [-0.2, 0) is 12.7 Å². The Morgan fingerprint density at radius 2 is 1.74 bits per heavy atom. The lowest BCUT2D eigenvalue weighted by molar-refractivity contribution is -0.137. The molecule has 0 radical (unpaired) electrons. The number of ether oxygens (including phenoxy) is 1. The van der Waals surface area contributed by atoms with Crippen molar-refractivity contribution in [2.75, 3.05) is 0 Å². The van der Waals surface area contributed by atoms with Crippen molar-refractivity contribution < 1.29 is 27.4 Å². The van der Waals surface area contributed by atoms with Gasteiger partial charge in [0.05, 0.1) is 30.0 Å².